The summed E-state index contributed by atoms with van der Waals surface area (Å²) in [5.74, 6) is 0.555. The van der Waals surface area contributed by atoms with Crippen molar-refractivity contribution in [3.05, 3.63) is 0 Å². The number of nitrogens with one attached hydrogen (secondary N) is 1. The first-order valence-corrected chi connectivity index (χ1v) is 6.11. The van der Waals surface area contributed by atoms with Crippen LogP contribution in [-0.4, -0.2) is 44.7 Å². The van der Waals surface area contributed by atoms with Gasteiger partial charge in [0, 0.05) is 19.1 Å². The molecule has 0 amide bonds. The average Bonchev–Trinajstić information content (AvgIpc) is 2.37. The molecule has 2 saturated heterocycles. The molecule has 0 aromatic rings. The van der Waals surface area contributed by atoms with Crippen LogP contribution in [-0.2, 0) is 10.0 Å². The molecule has 13 heavy (non-hydrogen) atoms. The normalized spacial score (nSPS) is 34.2. The summed E-state index contributed by atoms with van der Waals surface area (Å²) in [7, 11) is -2.95. The second-order valence-electron chi connectivity index (χ2n) is 3.69. The molecule has 0 bridgehead atoms. The minimum Gasteiger partial charge on any atom is -0.312 e. The standard InChI is InChI=1S/C7H14N2O2S.ClH/c1-12(10,11)9-4-6-2-3-8-7(6)5-9;/h6-8H,2-5H2,1H3;1H/t6-,7+;/m1./s1. The van der Waals surface area contributed by atoms with Crippen molar-refractivity contribution in [2.24, 2.45) is 5.92 Å². The van der Waals surface area contributed by atoms with Crippen LogP contribution in [0.2, 0.25) is 0 Å². The maximum Gasteiger partial charge on any atom is 0.211 e. The largest absolute Gasteiger partial charge is 0.312 e. The molecule has 0 spiro atoms. The highest BCUT2D eigenvalue weighted by Gasteiger charge is 2.39. The van der Waals surface area contributed by atoms with E-state index in [2.05, 4.69) is 5.32 Å². The molecule has 0 aromatic carbocycles. The topological polar surface area (TPSA) is 49.4 Å². The van der Waals surface area contributed by atoms with E-state index in [9.17, 15) is 8.42 Å². The van der Waals surface area contributed by atoms with Gasteiger partial charge in [-0.15, -0.1) is 12.4 Å². The Morgan fingerprint density at radius 1 is 1.38 bits per heavy atom. The second-order valence-corrected chi connectivity index (χ2v) is 5.67. The fraction of sp³-hybridized carbons (Fsp3) is 1.00. The van der Waals surface area contributed by atoms with E-state index >= 15 is 0 Å². The van der Waals surface area contributed by atoms with Crippen LogP contribution in [0.1, 0.15) is 6.42 Å². The maximum atomic E-state index is 11.2. The van der Waals surface area contributed by atoms with E-state index in [4.69, 9.17) is 0 Å². The van der Waals surface area contributed by atoms with Crippen LogP contribution in [0.15, 0.2) is 0 Å². The number of rotatable bonds is 1. The van der Waals surface area contributed by atoms with Crippen LogP contribution in [0.3, 0.4) is 0 Å². The molecule has 2 rings (SSSR count). The van der Waals surface area contributed by atoms with Crippen molar-refractivity contribution >= 4 is 22.4 Å². The first-order valence-electron chi connectivity index (χ1n) is 4.26. The van der Waals surface area contributed by atoms with Crippen LogP contribution in [0, 0.1) is 5.92 Å². The van der Waals surface area contributed by atoms with Gasteiger partial charge in [0.25, 0.3) is 0 Å². The Balaban J connectivity index is 0.000000845. The van der Waals surface area contributed by atoms with Gasteiger partial charge in [-0.3, -0.25) is 0 Å². The molecule has 6 heteroatoms. The molecule has 4 nitrogen and oxygen atoms in total. The van der Waals surface area contributed by atoms with Gasteiger partial charge in [-0.1, -0.05) is 0 Å². The lowest BCUT2D eigenvalue weighted by atomic mass is 10.1. The minimum atomic E-state index is -2.95. The molecular formula is C7H15ClN2O2S. The monoisotopic (exact) mass is 226 g/mol. The molecule has 0 aromatic heterocycles. The molecule has 2 aliphatic heterocycles. The van der Waals surface area contributed by atoms with Crippen LogP contribution < -0.4 is 5.32 Å². The first kappa shape index (κ1) is 11.2. The van der Waals surface area contributed by atoms with E-state index in [1.165, 1.54) is 6.26 Å². The number of nitrogens with zero attached hydrogens (tertiary/aromatic N) is 1. The lowest BCUT2D eigenvalue weighted by Crippen LogP contribution is -2.33. The Hall–Kier alpha value is 0.160. The van der Waals surface area contributed by atoms with Gasteiger partial charge in [0.05, 0.1) is 6.26 Å². The van der Waals surface area contributed by atoms with E-state index in [1.54, 1.807) is 4.31 Å². The molecule has 0 saturated carbocycles. The van der Waals surface area contributed by atoms with Crippen molar-refractivity contribution in [3.63, 3.8) is 0 Å². The van der Waals surface area contributed by atoms with Crippen molar-refractivity contribution in [2.45, 2.75) is 12.5 Å². The van der Waals surface area contributed by atoms with Gasteiger partial charge in [-0.25, -0.2) is 12.7 Å². The Bertz CT molecular complexity index is 268. The third-order valence-electron chi connectivity index (χ3n) is 2.80. The summed E-state index contributed by atoms with van der Waals surface area (Å²) < 4.78 is 23.9. The third-order valence-corrected chi connectivity index (χ3v) is 4.03. The lowest BCUT2D eigenvalue weighted by molar-refractivity contribution is 0.453. The molecule has 1 N–H and O–H groups in total. The van der Waals surface area contributed by atoms with Crippen molar-refractivity contribution in [1.29, 1.82) is 0 Å². The lowest BCUT2D eigenvalue weighted by Gasteiger charge is -2.13. The highest BCUT2D eigenvalue weighted by Crippen LogP contribution is 2.25. The SMILES string of the molecule is CS(=O)(=O)N1C[C@H]2CCN[C@H]2C1.Cl. The molecule has 0 unspecified atom stereocenters. The average molecular weight is 227 g/mol. The number of hydrogen-bond acceptors (Lipinski definition) is 3. The van der Waals surface area contributed by atoms with E-state index in [0.29, 0.717) is 18.5 Å². The molecule has 78 valence electrons. The highest BCUT2D eigenvalue weighted by atomic mass is 35.5. The van der Waals surface area contributed by atoms with Crippen molar-refractivity contribution < 1.29 is 8.42 Å². The Labute approximate surface area is 85.1 Å². The second kappa shape index (κ2) is 3.73. The fourth-order valence-corrected chi connectivity index (χ4v) is 2.97. The highest BCUT2D eigenvalue weighted by molar-refractivity contribution is 7.88. The van der Waals surface area contributed by atoms with Crippen LogP contribution in [0.5, 0.6) is 0 Å². The molecule has 2 aliphatic rings. The molecule has 0 radical (unpaired) electrons. The first-order chi connectivity index (χ1) is 5.57. The predicted octanol–water partition coefficient (Wildman–Crippen LogP) is -0.338. The summed E-state index contributed by atoms with van der Waals surface area (Å²) in [4.78, 5) is 0. The summed E-state index contributed by atoms with van der Waals surface area (Å²) in [6.45, 7) is 2.44. The van der Waals surface area contributed by atoms with E-state index in [-0.39, 0.29) is 12.4 Å². The predicted molar refractivity (Wildman–Crippen MR) is 53.6 cm³/mol. The van der Waals surface area contributed by atoms with E-state index in [0.717, 1.165) is 19.5 Å². The summed E-state index contributed by atoms with van der Waals surface area (Å²) in [6, 6.07) is 0.416. The zero-order valence-corrected chi connectivity index (χ0v) is 9.20. The fourth-order valence-electron chi connectivity index (χ4n) is 2.08. The van der Waals surface area contributed by atoms with Crippen molar-refractivity contribution in [1.82, 2.24) is 9.62 Å². The van der Waals surface area contributed by atoms with Gasteiger partial charge in [0.2, 0.25) is 10.0 Å². The van der Waals surface area contributed by atoms with E-state index in [1.807, 2.05) is 0 Å². The van der Waals surface area contributed by atoms with Gasteiger partial charge >= 0.3 is 0 Å². The summed E-state index contributed by atoms with van der Waals surface area (Å²) in [5, 5.41) is 3.31. The van der Waals surface area contributed by atoms with Crippen molar-refractivity contribution in [2.75, 3.05) is 25.9 Å². The molecule has 2 atom stereocenters. The number of fused-ring (bicyclic) bond motifs is 1. The molecule has 2 fully saturated rings. The van der Waals surface area contributed by atoms with E-state index < -0.39 is 10.0 Å². The Morgan fingerprint density at radius 2 is 2.08 bits per heavy atom. The van der Waals surface area contributed by atoms with Gasteiger partial charge in [0.1, 0.15) is 0 Å². The van der Waals surface area contributed by atoms with Crippen LogP contribution in [0.4, 0.5) is 0 Å². The minimum absolute atomic E-state index is 0. The number of sulfonamides is 1. The third kappa shape index (κ3) is 2.15. The van der Waals surface area contributed by atoms with Gasteiger partial charge in [-0.05, 0) is 18.9 Å². The maximum absolute atomic E-state index is 11.2. The zero-order chi connectivity index (χ0) is 8.77. The van der Waals surface area contributed by atoms with Gasteiger partial charge < -0.3 is 5.32 Å². The van der Waals surface area contributed by atoms with Gasteiger partial charge in [-0.2, -0.15) is 0 Å². The summed E-state index contributed by atoms with van der Waals surface area (Å²) in [6.07, 6.45) is 2.41. The quantitative estimate of drug-likeness (QED) is 0.666. The molecule has 2 heterocycles. The number of hydrogen-bond donors (Lipinski definition) is 1. The Morgan fingerprint density at radius 3 is 2.62 bits per heavy atom. The van der Waals surface area contributed by atoms with Gasteiger partial charge in [0.15, 0.2) is 0 Å². The smallest absolute Gasteiger partial charge is 0.211 e. The number of halogens is 1. The molecular weight excluding hydrogens is 212 g/mol. The Kier molecular flexibility index (Phi) is 3.22. The summed E-state index contributed by atoms with van der Waals surface area (Å²) in [5.41, 5.74) is 0. The summed E-state index contributed by atoms with van der Waals surface area (Å²) >= 11 is 0. The van der Waals surface area contributed by atoms with Crippen molar-refractivity contribution in [3.8, 4) is 0 Å². The molecule has 0 aliphatic carbocycles. The van der Waals surface area contributed by atoms with Crippen LogP contribution >= 0.6 is 12.4 Å². The zero-order valence-electron chi connectivity index (χ0n) is 7.56. The van der Waals surface area contributed by atoms with Crippen LogP contribution in [0.25, 0.3) is 0 Å².